The molecule has 0 aliphatic heterocycles. The molecule has 0 unspecified atom stereocenters. The van der Waals surface area contributed by atoms with Crippen LogP contribution in [0, 0.1) is 0 Å². The second kappa shape index (κ2) is 5.71. The van der Waals surface area contributed by atoms with Crippen LogP contribution in [0.2, 0.25) is 0 Å². The molecular weight excluding hydrogens is 260 g/mol. The van der Waals surface area contributed by atoms with Crippen molar-refractivity contribution >= 4 is 29.7 Å². The second-order valence-electron chi connectivity index (χ2n) is 4.22. The highest BCUT2D eigenvalue weighted by atomic mass is 35.5. The minimum atomic E-state index is -0.180. The minimum absolute atomic E-state index is 0. The molecule has 1 aromatic rings. The third kappa shape index (κ3) is 3.12. The lowest BCUT2D eigenvalue weighted by atomic mass is 9.78. The standard InChI is InChI=1S/C11H16N2O2S.ClH/c1-15-8-3-6-16-9(8)10(14)13-7-11(12)4-2-5-11;/h3,6H,2,4-5,7,12H2,1H3,(H,13,14);1H. The maximum Gasteiger partial charge on any atom is 0.265 e. The number of amides is 1. The Kier molecular flexibility index (Phi) is 4.80. The zero-order valence-corrected chi connectivity index (χ0v) is 11.3. The van der Waals surface area contributed by atoms with Crippen LogP contribution in [-0.2, 0) is 0 Å². The highest BCUT2D eigenvalue weighted by Crippen LogP contribution is 2.29. The molecule has 1 aromatic heterocycles. The lowest BCUT2D eigenvalue weighted by Crippen LogP contribution is -2.54. The highest BCUT2D eigenvalue weighted by molar-refractivity contribution is 7.12. The Labute approximate surface area is 111 Å². The van der Waals surface area contributed by atoms with Gasteiger partial charge in [0, 0.05) is 12.1 Å². The van der Waals surface area contributed by atoms with Gasteiger partial charge in [0.25, 0.3) is 5.91 Å². The van der Waals surface area contributed by atoms with E-state index < -0.39 is 0 Å². The van der Waals surface area contributed by atoms with E-state index in [1.807, 2.05) is 5.38 Å². The lowest BCUT2D eigenvalue weighted by Gasteiger charge is -2.38. The van der Waals surface area contributed by atoms with Crippen LogP contribution in [0.1, 0.15) is 28.9 Å². The summed E-state index contributed by atoms with van der Waals surface area (Å²) in [6, 6.07) is 1.79. The first-order valence-electron chi connectivity index (χ1n) is 5.33. The zero-order chi connectivity index (χ0) is 11.6. The van der Waals surface area contributed by atoms with E-state index in [0.717, 1.165) is 19.3 Å². The molecule has 3 N–H and O–H groups in total. The monoisotopic (exact) mass is 276 g/mol. The maximum absolute atomic E-state index is 11.8. The van der Waals surface area contributed by atoms with Gasteiger partial charge in [-0.3, -0.25) is 4.79 Å². The van der Waals surface area contributed by atoms with Crippen LogP contribution in [0.15, 0.2) is 11.4 Å². The van der Waals surface area contributed by atoms with Gasteiger partial charge in [0.1, 0.15) is 10.6 Å². The first-order chi connectivity index (χ1) is 7.64. The number of rotatable bonds is 4. The summed E-state index contributed by atoms with van der Waals surface area (Å²) in [6.07, 6.45) is 3.15. The van der Waals surface area contributed by atoms with Crippen LogP contribution in [0.3, 0.4) is 0 Å². The van der Waals surface area contributed by atoms with Gasteiger partial charge in [0.15, 0.2) is 0 Å². The molecule has 1 fully saturated rings. The molecule has 0 spiro atoms. The summed E-state index contributed by atoms with van der Waals surface area (Å²) in [6.45, 7) is 0.548. The summed E-state index contributed by atoms with van der Waals surface area (Å²) in [5, 5.41) is 4.71. The number of hydrogen-bond donors (Lipinski definition) is 2. The number of nitrogens with two attached hydrogens (primary N) is 1. The number of methoxy groups -OCH3 is 1. The molecule has 1 saturated carbocycles. The Bertz CT molecular complexity index is 391. The van der Waals surface area contributed by atoms with Crippen LogP contribution in [0.5, 0.6) is 5.75 Å². The molecule has 4 nitrogen and oxygen atoms in total. The van der Waals surface area contributed by atoms with Gasteiger partial charge >= 0.3 is 0 Å². The van der Waals surface area contributed by atoms with Crippen LogP contribution in [0.4, 0.5) is 0 Å². The van der Waals surface area contributed by atoms with E-state index in [1.165, 1.54) is 11.3 Å². The van der Waals surface area contributed by atoms with Gasteiger partial charge in [0.05, 0.1) is 7.11 Å². The quantitative estimate of drug-likeness (QED) is 0.881. The molecule has 1 aliphatic carbocycles. The molecule has 0 bridgehead atoms. The third-order valence-electron chi connectivity index (χ3n) is 3.01. The maximum atomic E-state index is 11.8. The average molecular weight is 277 g/mol. The highest BCUT2D eigenvalue weighted by Gasteiger charge is 2.32. The van der Waals surface area contributed by atoms with E-state index in [2.05, 4.69) is 5.32 Å². The Morgan fingerprint density at radius 2 is 2.35 bits per heavy atom. The summed E-state index contributed by atoms with van der Waals surface area (Å²) >= 11 is 1.38. The van der Waals surface area contributed by atoms with Crippen LogP contribution < -0.4 is 15.8 Å². The van der Waals surface area contributed by atoms with E-state index in [-0.39, 0.29) is 23.9 Å². The number of carbonyl (C=O) groups is 1. The van der Waals surface area contributed by atoms with Crippen molar-refractivity contribution in [1.82, 2.24) is 5.32 Å². The molecule has 0 saturated heterocycles. The number of ether oxygens (including phenoxy) is 1. The van der Waals surface area contributed by atoms with Crippen molar-refractivity contribution in [2.45, 2.75) is 24.8 Å². The Hall–Kier alpha value is -0.780. The average Bonchev–Trinajstić information content (AvgIpc) is 2.71. The largest absolute Gasteiger partial charge is 0.495 e. The molecule has 6 heteroatoms. The molecule has 2 rings (SSSR count). The summed E-state index contributed by atoms with van der Waals surface area (Å²) in [7, 11) is 1.56. The molecule has 17 heavy (non-hydrogen) atoms. The van der Waals surface area contributed by atoms with Gasteiger partial charge in [-0.2, -0.15) is 0 Å². The number of halogens is 1. The van der Waals surface area contributed by atoms with Gasteiger partial charge in [-0.1, -0.05) is 0 Å². The number of nitrogens with one attached hydrogen (secondary N) is 1. The van der Waals surface area contributed by atoms with Gasteiger partial charge in [-0.05, 0) is 30.7 Å². The lowest BCUT2D eigenvalue weighted by molar-refractivity contribution is 0.0931. The number of carbonyl (C=O) groups excluding carboxylic acids is 1. The summed E-state index contributed by atoms with van der Waals surface area (Å²) in [5.41, 5.74) is 5.85. The first kappa shape index (κ1) is 14.3. The summed E-state index contributed by atoms with van der Waals surface area (Å²) < 4.78 is 5.10. The predicted molar refractivity (Wildman–Crippen MR) is 71.2 cm³/mol. The van der Waals surface area contributed by atoms with Crippen molar-refractivity contribution in [3.8, 4) is 5.75 Å². The Morgan fingerprint density at radius 1 is 1.65 bits per heavy atom. The van der Waals surface area contributed by atoms with E-state index in [0.29, 0.717) is 17.2 Å². The zero-order valence-electron chi connectivity index (χ0n) is 9.69. The minimum Gasteiger partial charge on any atom is -0.495 e. The third-order valence-corrected chi connectivity index (χ3v) is 3.90. The second-order valence-corrected chi connectivity index (χ2v) is 5.13. The normalized spacial score (nSPS) is 16.6. The fourth-order valence-corrected chi connectivity index (χ4v) is 2.54. The molecule has 1 heterocycles. The molecule has 1 amide bonds. The van der Waals surface area contributed by atoms with E-state index in [9.17, 15) is 4.79 Å². The predicted octanol–water partition coefficient (Wildman–Crippen LogP) is 1.79. The fraction of sp³-hybridized carbons (Fsp3) is 0.545. The van der Waals surface area contributed by atoms with E-state index in [1.54, 1.807) is 13.2 Å². The molecular formula is C11H17ClN2O2S. The number of thiophene rings is 1. The summed E-state index contributed by atoms with van der Waals surface area (Å²) in [4.78, 5) is 12.5. The molecule has 1 aliphatic rings. The van der Waals surface area contributed by atoms with Crippen molar-refractivity contribution in [2.24, 2.45) is 5.73 Å². The van der Waals surface area contributed by atoms with Crippen molar-refractivity contribution < 1.29 is 9.53 Å². The molecule has 0 radical (unpaired) electrons. The Morgan fingerprint density at radius 3 is 2.88 bits per heavy atom. The van der Waals surface area contributed by atoms with Crippen LogP contribution >= 0.6 is 23.7 Å². The van der Waals surface area contributed by atoms with Gasteiger partial charge in [-0.25, -0.2) is 0 Å². The van der Waals surface area contributed by atoms with Crippen molar-refractivity contribution in [1.29, 1.82) is 0 Å². The smallest absolute Gasteiger partial charge is 0.265 e. The molecule has 0 aromatic carbocycles. The first-order valence-corrected chi connectivity index (χ1v) is 6.21. The van der Waals surface area contributed by atoms with Crippen LogP contribution in [-0.4, -0.2) is 25.1 Å². The van der Waals surface area contributed by atoms with Crippen molar-refractivity contribution in [3.63, 3.8) is 0 Å². The van der Waals surface area contributed by atoms with E-state index in [4.69, 9.17) is 10.5 Å². The van der Waals surface area contributed by atoms with Crippen LogP contribution in [0.25, 0.3) is 0 Å². The fourth-order valence-electron chi connectivity index (χ4n) is 1.77. The number of hydrogen-bond acceptors (Lipinski definition) is 4. The topological polar surface area (TPSA) is 64.3 Å². The van der Waals surface area contributed by atoms with Gasteiger partial charge in [0.2, 0.25) is 0 Å². The van der Waals surface area contributed by atoms with Crippen molar-refractivity contribution in [2.75, 3.05) is 13.7 Å². The molecule has 0 atom stereocenters. The molecule has 96 valence electrons. The SMILES string of the molecule is COc1ccsc1C(=O)NCC1(N)CCC1.Cl. The summed E-state index contributed by atoms with van der Waals surface area (Å²) in [5.74, 6) is 0.533. The Balaban J connectivity index is 0.00000144. The van der Waals surface area contributed by atoms with Gasteiger partial charge in [-0.15, -0.1) is 23.7 Å². The van der Waals surface area contributed by atoms with Gasteiger partial charge < -0.3 is 15.8 Å². The van der Waals surface area contributed by atoms with Crippen molar-refractivity contribution in [3.05, 3.63) is 16.3 Å². The van der Waals surface area contributed by atoms with E-state index >= 15 is 0 Å².